The van der Waals surface area contributed by atoms with E-state index in [1.165, 1.54) is 18.2 Å². The van der Waals surface area contributed by atoms with Gasteiger partial charge in [0.2, 0.25) is 0 Å². The van der Waals surface area contributed by atoms with E-state index in [0.717, 1.165) is 6.42 Å². The molecule has 0 aliphatic carbocycles. The number of amides is 1. The van der Waals surface area contributed by atoms with Crippen molar-refractivity contribution in [2.75, 3.05) is 13.2 Å². The Bertz CT molecular complexity index is 534. The molecular formula is C15H16F2N2O2. The predicted molar refractivity (Wildman–Crippen MR) is 74.8 cm³/mol. The molecule has 1 amide bonds. The largest absolute Gasteiger partial charge is 0.488 e. The van der Waals surface area contributed by atoms with Gasteiger partial charge in [-0.15, -0.1) is 0 Å². The lowest BCUT2D eigenvalue weighted by molar-refractivity contribution is -0.117. The van der Waals surface area contributed by atoms with E-state index in [0.29, 0.717) is 17.9 Å². The van der Waals surface area contributed by atoms with Gasteiger partial charge in [-0.1, -0.05) is 19.1 Å². The average Bonchev–Trinajstić information content (AvgIpc) is 2.49. The van der Waals surface area contributed by atoms with Gasteiger partial charge in [-0.05, 0) is 30.2 Å². The standard InChI is InChI=1S/C15H16F2N2O2/c1-2-7-19-15(20)12(9-18)8-11-3-5-13(6-4-11)21-10-14(16)17/h3-6,8,14H,2,7,10H2,1H3,(H,19,20). The first-order chi connectivity index (χ1) is 10.1. The summed E-state index contributed by atoms with van der Waals surface area (Å²) in [4.78, 5) is 11.7. The van der Waals surface area contributed by atoms with E-state index < -0.39 is 18.9 Å². The van der Waals surface area contributed by atoms with Gasteiger partial charge in [0, 0.05) is 6.54 Å². The van der Waals surface area contributed by atoms with Crippen molar-refractivity contribution in [3.8, 4) is 11.8 Å². The van der Waals surface area contributed by atoms with Crippen LogP contribution in [-0.2, 0) is 4.79 Å². The van der Waals surface area contributed by atoms with E-state index >= 15 is 0 Å². The second-order valence-corrected chi connectivity index (χ2v) is 4.20. The fourth-order valence-electron chi connectivity index (χ4n) is 1.47. The first-order valence-electron chi connectivity index (χ1n) is 6.47. The topological polar surface area (TPSA) is 62.1 Å². The van der Waals surface area contributed by atoms with Crippen molar-refractivity contribution >= 4 is 12.0 Å². The third kappa shape index (κ3) is 6.04. The van der Waals surface area contributed by atoms with Crippen LogP contribution in [0.15, 0.2) is 29.8 Å². The Morgan fingerprint density at radius 2 is 2.10 bits per heavy atom. The third-order valence-corrected chi connectivity index (χ3v) is 2.47. The van der Waals surface area contributed by atoms with Gasteiger partial charge in [-0.2, -0.15) is 5.26 Å². The van der Waals surface area contributed by atoms with E-state index in [1.54, 1.807) is 12.1 Å². The monoisotopic (exact) mass is 294 g/mol. The number of alkyl halides is 2. The van der Waals surface area contributed by atoms with E-state index in [4.69, 9.17) is 10.00 Å². The van der Waals surface area contributed by atoms with Crippen LogP contribution in [0.25, 0.3) is 6.08 Å². The van der Waals surface area contributed by atoms with Crippen molar-refractivity contribution in [2.45, 2.75) is 19.8 Å². The van der Waals surface area contributed by atoms with Crippen LogP contribution in [0, 0.1) is 11.3 Å². The molecule has 0 bridgehead atoms. The number of nitrogens with zero attached hydrogens (tertiary/aromatic N) is 1. The Morgan fingerprint density at radius 1 is 1.43 bits per heavy atom. The number of halogens is 2. The van der Waals surface area contributed by atoms with Crippen LogP contribution < -0.4 is 10.1 Å². The van der Waals surface area contributed by atoms with Crippen LogP contribution in [0.5, 0.6) is 5.75 Å². The molecule has 0 saturated heterocycles. The average molecular weight is 294 g/mol. The van der Waals surface area contributed by atoms with Gasteiger partial charge in [0.15, 0.2) is 0 Å². The van der Waals surface area contributed by atoms with Gasteiger partial charge < -0.3 is 10.1 Å². The van der Waals surface area contributed by atoms with Crippen LogP contribution in [0.1, 0.15) is 18.9 Å². The molecule has 0 unspecified atom stereocenters. The summed E-state index contributed by atoms with van der Waals surface area (Å²) in [6.45, 7) is 1.74. The lowest BCUT2D eigenvalue weighted by Gasteiger charge is -2.05. The number of carbonyl (C=O) groups is 1. The Hall–Kier alpha value is -2.42. The number of rotatable bonds is 7. The molecule has 1 N–H and O–H groups in total. The second kappa shape index (κ2) is 8.69. The van der Waals surface area contributed by atoms with Crippen molar-refractivity contribution in [3.05, 3.63) is 35.4 Å². The fraction of sp³-hybridized carbons (Fsp3) is 0.333. The molecule has 21 heavy (non-hydrogen) atoms. The summed E-state index contributed by atoms with van der Waals surface area (Å²) in [6.07, 6.45) is -0.320. The molecule has 0 spiro atoms. The summed E-state index contributed by atoms with van der Waals surface area (Å²) in [5, 5.41) is 11.6. The highest BCUT2D eigenvalue weighted by Crippen LogP contribution is 2.15. The van der Waals surface area contributed by atoms with Crippen molar-refractivity contribution < 1.29 is 18.3 Å². The van der Waals surface area contributed by atoms with Gasteiger partial charge in [-0.3, -0.25) is 4.79 Å². The molecular weight excluding hydrogens is 278 g/mol. The first kappa shape index (κ1) is 16.6. The molecule has 0 fully saturated rings. The van der Waals surface area contributed by atoms with Crippen molar-refractivity contribution in [2.24, 2.45) is 0 Å². The lowest BCUT2D eigenvalue weighted by Crippen LogP contribution is -2.25. The number of nitrogens with one attached hydrogen (secondary N) is 1. The summed E-state index contributed by atoms with van der Waals surface area (Å²) in [7, 11) is 0. The lowest BCUT2D eigenvalue weighted by atomic mass is 10.1. The molecule has 1 aromatic rings. The number of carbonyl (C=O) groups excluding carboxylic acids is 1. The minimum Gasteiger partial charge on any atom is -0.488 e. The van der Waals surface area contributed by atoms with Gasteiger partial charge in [0.25, 0.3) is 12.3 Å². The number of hydrogen-bond acceptors (Lipinski definition) is 3. The Morgan fingerprint density at radius 3 is 2.62 bits per heavy atom. The number of nitriles is 1. The zero-order chi connectivity index (χ0) is 15.7. The van der Waals surface area contributed by atoms with Crippen molar-refractivity contribution in [1.82, 2.24) is 5.32 Å². The summed E-state index contributed by atoms with van der Waals surface area (Å²) in [6, 6.07) is 8.02. The minimum absolute atomic E-state index is 0.00954. The predicted octanol–water partition coefficient (Wildman–Crippen LogP) is 2.76. The van der Waals surface area contributed by atoms with E-state index in [1.807, 2.05) is 13.0 Å². The van der Waals surface area contributed by atoms with Crippen LogP contribution in [0.4, 0.5) is 8.78 Å². The summed E-state index contributed by atoms with van der Waals surface area (Å²) in [5.74, 6) is -0.126. The van der Waals surface area contributed by atoms with Crippen LogP contribution in [0.3, 0.4) is 0 Å². The fourth-order valence-corrected chi connectivity index (χ4v) is 1.47. The highest BCUT2D eigenvalue weighted by atomic mass is 19.3. The third-order valence-electron chi connectivity index (χ3n) is 2.47. The van der Waals surface area contributed by atoms with Crippen LogP contribution >= 0.6 is 0 Å². The summed E-state index contributed by atoms with van der Waals surface area (Å²) in [5.41, 5.74) is 0.604. The maximum absolute atomic E-state index is 12.0. The minimum atomic E-state index is -2.53. The molecule has 0 atom stereocenters. The molecule has 0 aromatic heterocycles. The van der Waals surface area contributed by atoms with Crippen LogP contribution in [-0.4, -0.2) is 25.5 Å². The summed E-state index contributed by atoms with van der Waals surface area (Å²) < 4.78 is 28.8. The molecule has 4 nitrogen and oxygen atoms in total. The molecule has 0 saturated carbocycles. The van der Waals surface area contributed by atoms with Crippen LogP contribution in [0.2, 0.25) is 0 Å². The maximum Gasteiger partial charge on any atom is 0.272 e. The smallest absolute Gasteiger partial charge is 0.272 e. The Labute approximate surface area is 122 Å². The molecule has 1 aromatic carbocycles. The number of hydrogen-bond donors (Lipinski definition) is 1. The first-order valence-corrected chi connectivity index (χ1v) is 6.47. The van der Waals surface area contributed by atoms with E-state index in [9.17, 15) is 13.6 Å². The van der Waals surface area contributed by atoms with Gasteiger partial charge in [0.05, 0.1) is 0 Å². The van der Waals surface area contributed by atoms with Gasteiger partial charge in [0.1, 0.15) is 24.0 Å². The Kier molecular flexibility index (Phi) is 6.88. The van der Waals surface area contributed by atoms with E-state index in [-0.39, 0.29) is 5.57 Å². The normalized spacial score (nSPS) is 11.1. The highest BCUT2D eigenvalue weighted by molar-refractivity contribution is 6.01. The second-order valence-electron chi connectivity index (χ2n) is 4.20. The van der Waals surface area contributed by atoms with E-state index in [2.05, 4.69) is 5.32 Å². The number of ether oxygens (including phenoxy) is 1. The Balaban J connectivity index is 2.73. The SMILES string of the molecule is CCCNC(=O)C(C#N)=Cc1ccc(OCC(F)F)cc1. The zero-order valence-electron chi connectivity index (χ0n) is 11.6. The molecule has 1 rings (SSSR count). The molecule has 0 radical (unpaired) electrons. The highest BCUT2D eigenvalue weighted by Gasteiger charge is 2.08. The zero-order valence-corrected chi connectivity index (χ0v) is 11.6. The quantitative estimate of drug-likeness (QED) is 0.621. The molecule has 112 valence electrons. The van der Waals surface area contributed by atoms with Gasteiger partial charge in [-0.25, -0.2) is 8.78 Å². The molecule has 0 aliphatic heterocycles. The van der Waals surface area contributed by atoms with Gasteiger partial charge >= 0.3 is 0 Å². The van der Waals surface area contributed by atoms with Crippen molar-refractivity contribution in [3.63, 3.8) is 0 Å². The molecule has 6 heteroatoms. The summed E-state index contributed by atoms with van der Waals surface area (Å²) >= 11 is 0. The van der Waals surface area contributed by atoms with Crippen molar-refractivity contribution in [1.29, 1.82) is 5.26 Å². The number of benzene rings is 1. The molecule has 0 heterocycles. The molecule has 0 aliphatic rings. The maximum atomic E-state index is 12.0.